The van der Waals surface area contributed by atoms with Crippen molar-refractivity contribution in [1.29, 1.82) is 5.26 Å². The van der Waals surface area contributed by atoms with Crippen LogP contribution >= 0.6 is 23.2 Å². The number of hydrogen-bond acceptors (Lipinski definition) is 3. The van der Waals surface area contributed by atoms with Crippen molar-refractivity contribution < 1.29 is 9.53 Å². The second kappa shape index (κ2) is 8.05. The van der Waals surface area contributed by atoms with Gasteiger partial charge in [0.1, 0.15) is 5.75 Å². The highest BCUT2D eigenvalue weighted by Gasteiger charge is 2.18. The van der Waals surface area contributed by atoms with Gasteiger partial charge in [0.05, 0.1) is 27.7 Å². The van der Waals surface area contributed by atoms with E-state index in [0.29, 0.717) is 21.4 Å². The van der Waals surface area contributed by atoms with E-state index >= 15 is 0 Å². The van der Waals surface area contributed by atoms with Crippen molar-refractivity contribution in [3.05, 3.63) is 63.6 Å². The Bertz CT molecular complexity index is 770. The van der Waals surface area contributed by atoms with Gasteiger partial charge in [0, 0.05) is 0 Å². The van der Waals surface area contributed by atoms with Crippen LogP contribution in [-0.2, 0) is 4.79 Å². The minimum atomic E-state index is -0.678. The molecule has 2 aromatic rings. The molecular weight excluding hydrogens is 347 g/mol. The third kappa shape index (κ3) is 4.64. The van der Waals surface area contributed by atoms with E-state index in [1.165, 1.54) is 0 Å². The molecule has 0 saturated heterocycles. The summed E-state index contributed by atoms with van der Waals surface area (Å²) in [6.07, 6.45) is -0.678. The Morgan fingerprint density at radius 3 is 2.38 bits per heavy atom. The molecule has 0 fully saturated rings. The maximum atomic E-state index is 12.3. The largest absolute Gasteiger partial charge is 0.481 e. The molecule has 0 bridgehead atoms. The van der Waals surface area contributed by atoms with E-state index in [0.717, 1.165) is 5.56 Å². The average Bonchev–Trinajstić information content (AvgIpc) is 2.57. The number of amides is 1. The quantitative estimate of drug-likeness (QED) is 0.850. The van der Waals surface area contributed by atoms with Crippen LogP contribution in [0.15, 0.2) is 42.5 Å². The summed E-state index contributed by atoms with van der Waals surface area (Å²) in [5.41, 5.74) is 1.39. The molecule has 0 radical (unpaired) electrons. The van der Waals surface area contributed by atoms with Crippen molar-refractivity contribution >= 4 is 29.1 Å². The number of carbonyl (C=O) groups is 1. The van der Waals surface area contributed by atoms with E-state index in [-0.39, 0.29) is 11.9 Å². The smallest absolute Gasteiger partial charge is 0.261 e. The standard InChI is InChI=1S/C18H16Cl2N2O2/c1-11(14-5-8-16(19)17(20)9-14)22-18(23)12(2)24-15-6-3-13(10-21)4-7-15/h3-9,11-12H,1-2H3,(H,22,23). The summed E-state index contributed by atoms with van der Waals surface area (Å²) in [5, 5.41) is 12.5. The summed E-state index contributed by atoms with van der Waals surface area (Å²) < 4.78 is 5.59. The molecule has 24 heavy (non-hydrogen) atoms. The summed E-state index contributed by atoms with van der Waals surface area (Å²) in [5.74, 6) is 0.275. The molecular formula is C18H16Cl2N2O2. The molecule has 0 spiro atoms. The van der Waals surface area contributed by atoms with Crippen LogP contribution in [0.3, 0.4) is 0 Å². The molecule has 1 amide bonds. The molecule has 0 aliphatic heterocycles. The zero-order valence-corrected chi connectivity index (χ0v) is 14.7. The summed E-state index contributed by atoms with van der Waals surface area (Å²) in [4.78, 5) is 12.3. The maximum absolute atomic E-state index is 12.3. The summed E-state index contributed by atoms with van der Waals surface area (Å²) >= 11 is 11.9. The summed E-state index contributed by atoms with van der Waals surface area (Å²) in [6, 6.07) is 13.6. The van der Waals surface area contributed by atoms with Crippen LogP contribution < -0.4 is 10.1 Å². The lowest BCUT2D eigenvalue weighted by atomic mass is 10.1. The van der Waals surface area contributed by atoms with Gasteiger partial charge in [-0.1, -0.05) is 29.3 Å². The molecule has 0 heterocycles. The maximum Gasteiger partial charge on any atom is 0.261 e. The number of nitrogens with zero attached hydrogens (tertiary/aromatic N) is 1. The molecule has 2 unspecified atom stereocenters. The van der Waals surface area contributed by atoms with E-state index in [4.69, 9.17) is 33.2 Å². The van der Waals surface area contributed by atoms with Crippen LogP contribution in [0.1, 0.15) is 31.0 Å². The Hall–Kier alpha value is -2.22. The monoisotopic (exact) mass is 362 g/mol. The Morgan fingerprint density at radius 1 is 1.12 bits per heavy atom. The predicted octanol–water partition coefficient (Wildman–Crippen LogP) is 4.51. The number of carbonyl (C=O) groups excluding carboxylic acids is 1. The van der Waals surface area contributed by atoms with Crippen LogP contribution in [-0.4, -0.2) is 12.0 Å². The molecule has 0 aliphatic rings. The van der Waals surface area contributed by atoms with Crippen molar-refractivity contribution in [1.82, 2.24) is 5.32 Å². The lowest BCUT2D eigenvalue weighted by Gasteiger charge is -2.19. The molecule has 2 aromatic carbocycles. The lowest BCUT2D eigenvalue weighted by molar-refractivity contribution is -0.127. The molecule has 2 atom stereocenters. The third-order valence-corrected chi connectivity index (χ3v) is 4.21. The first kappa shape index (κ1) is 18.1. The summed E-state index contributed by atoms with van der Waals surface area (Å²) in [6.45, 7) is 3.51. The van der Waals surface area contributed by atoms with Crippen molar-refractivity contribution in [2.45, 2.75) is 26.0 Å². The van der Waals surface area contributed by atoms with Crippen LogP contribution in [0.25, 0.3) is 0 Å². The van der Waals surface area contributed by atoms with E-state index in [9.17, 15) is 4.79 Å². The Kier molecular flexibility index (Phi) is 6.08. The molecule has 2 rings (SSSR count). The van der Waals surface area contributed by atoms with E-state index in [1.807, 2.05) is 19.1 Å². The zero-order valence-electron chi connectivity index (χ0n) is 13.2. The van der Waals surface area contributed by atoms with E-state index < -0.39 is 6.10 Å². The molecule has 6 heteroatoms. The number of halogens is 2. The number of benzene rings is 2. The van der Waals surface area contributed by atoms with Crippen LogP contribution in [0.4, 0.5) is 0 Å². The van der Waals surface area contributed by atoms with Crippen molar-refractivity contribution in [2.75, 3.05) is 0 Å². The second-order valence-corrected chi connectivity index (χ2v) is 6.11. The van der Waals surface area contributed by atoms with Crippen LogP contribution in [0, 0.1) is 11.3 Å². The van der Waals surface area contributed by atoms with Gasteiger partial charge in [0.15, 0.2) is 6.10 Å². The Balaban J connectivity index is 1.97. The van der Waals surface area contributed by atoms with Gasteiger partial charge in [-0.3, -0.25) is 4.79 Å². The highest BCUT2D eigenvalue weighted by molar-refractivity contribution is 6.42. The normalized spacial score (nSPS) is 12.8. The lowest BCUT2D eigenvalue weighted by Crippen LogP contribution is -2.37. The van der Waals surface area contributed by atoms with Gasteiger partial charge < -0.3 is 10.1 Å². The van der Waals surface area contributed by atoms with Gasteiger partial charge in [-0.2, -0.15) is 5.26 Å². The fraction of sp³-hybridized carbons (Fsp3) is 0.222. The molecule has 1 N–H and O–H groups in total. The Labute approximate surface area is 151 Å². The first-order valence-electron chi connectivity index (χ1n) is 7.33. The third-order valence-electron chi connectivity index (χ3n) is 3.47. The first-order chi connectivity index (χ1) is 11.4. The predicted molar refractivity (Wildman–Crippen MR) is 94.3 cm³/mol. The fourth-order valence-electron chi connectivity index (χ4n) is 2.06. The molecule has 4 nitrogen and oxygen atoms in total. The fourth-order valence-corrected chi connectivity index (χ4v) is 2.37. The number of ether oxygens (including phenoxy) is 1. The van der Waals surface area contributed by atoms with E-state index in [2.05, 4.69) is 5.32 Å². The number of rotatable bonds is 5. The minimum absolute atomic E-state index is 0.237. The molecule has 0 saturated carbocycles. The van der Waals surface area contributed by atoms with Gasteiger partial charge in [0.25, 0.3) is 5.91 Å². The molecule has 124 valence electrons. The number of nitrogens with one attached hydrogen (secondary N) is 1. The van der Waals surface area contributed by atoms with Gasteiger partial charge in [0.2, 0.25) is 0 Å². The van der Waals surface area contributed by atoms with Crippen molar-refractivity contribution in [2.24, 2.45) is 0 Å². The van der Waals surface area contributed by atoms with Crippen molar-refractivity contribution in [3.63, 3.8) is 0 Å². The van der Waals surface area contributed by atoms with Gasteiger partial charge in [-0.25, -0.2) is 0 Å². The number of nitriles is 1. The molecule has 0 aromatic heterocycles. The van der Waals surface area contributed by atoms with E-state index in [1.54, 1.807) is 43.3 Å². The minimum Gasteiger partial charge on any atom is -0.481 e. The zero-order chi connectivity index (χ0) is 17.7. The highest BCUT2D eigenvalue weighted by atomic mass is 35.5. The van der Waals surface area contributed by atoms with Crippen LogP contribution in [0.2, 0.25) is 10.0 Å². The molecule has 0 aliphatic carbocycles. The highest BCUT2D eigenvalue weighted by Crippen LogP contribution is 2.25. The average molecular weight is 363 g/mol. The van der Waals surface area contributed by atoms with Crippen molar-refractivity contribution in [3.8, 4) is 11.8 Å². The van der Waals surface area contributed by atoms with Gasteiger partial charge in [-0.05, 0) is 55.8 Å². The SMILES string of the molecule is CC(Oc1ccc(C#N)cc1)C(=O)NC(C)c1ccc(Cl)c(Cl)c1. The van der Waals surface area contributed by atoms with Gasteiger partial charge >= 0.3 is 0 Å². The second-order valence-electron chi connectivity index (χ2n) is 5.30. The topological polar surface area (TPSA) is 62.1 Å². The summed E-state index contributed by atoms with van der Waals surface area (Å²) in [7, 11) is 0. The van der Waals surface area contributed by atoms with Gasteiger partial charge in [-0.15, -0.1) is 0 Å². The van der Waals surface area contributed by atoms with Crippen LogP contribution in [0.5, 0.6) is 5.75 Å². The first-order valence-corrected chi connectivity index (χ1v) is 8.08. The number of hydrogen-bond donors (Lipinski definition) is 1. The Morgan fingerprint density at radius 2 is 1.79 bits per heavy atom.